The van der Waals surface area contributed by atoms with Crippen LogP contribution in [0.2, 0.25) is 0 Å². The van der Waals surface area contributed by atoms with E-state index in [4.69, 9.17) is 0 Å². The van der Waals surface area contributed by atoms with Gasteiger partial charge in [0.1, 0.15) is 5.82 Å². The molecule has 1 aromatic carbocycles. The van der Waals surface area contributed by atoms with Gasteiger partial charge in [-0.25, -0.2) is 9.78 Å². The lowest BCUT2D eigenvalue weighted by atomic mass is 9.87. The second-order valence-electron chi connectivity index (χ2n) is 7.23. The number of rotatable bonds is 5. The molecular weight excluding hydrogens is 328 g/mol. The highest BCUT2D eigenvalue weighted by Crippen LogP contribution is 2.23. The van der Waals surface area contributed by atoms with E-state index < -0.39 is 0 Å². The Morgan fingerprint density at radius 3 is 2.27 bits per heavy atom. The lowest BCUT2D eigenvalue weighted by Crippen LogP contribution is -2.31. The van der Waals surface area contributed by atoms with Crippen LogP contribution in [0, 0.1) is 6.92 Å². The Balaban J connectivity index is 1.73. The zero-order chi connectivity index (χ0) is 19.2. The van der Waals surface area contributed by atoms with Gasteiger partial charge in [-0.2, -0.15) is 0 Å². The minimum Gasteiger partial charge on any atom is -0.337 e. The van der Waals surface area contributed by atoms with Gasteiger partial charge in [0.2, 0.25) is 5.91 Å². The number of urea groups is 1. The van der Waals surface area contributed by atoms with Crippen molar-refractivity contribution in [1.82, 2.24) is 10.3 Å². The molecule has 26 heavy (non-hydrogen) atoms. The zero-order valence-electron chi connectivity index (χ0n) is 15.7. The monoisotopic (exact) mass is 354 g/mol. The van der Waals surface area contributed by atoms with Crippen LogP contribution >= 0.6 is 0 Å². The number of aryl methyl sites for hydroxylation is 1. The van der Waals surface area contributed by atoms with Crippen LogP contribution < -0.4 is 16.0 Å². The summed E-state index contributed by atoms with van der Waals surface area (Å²) >= 11 is 0. The lowest BCUT2D eigenvalue weighted by Gasteiger charge is -2.19. The van der Waals surface area contributed by atoms with Crippen molar-refractivity contribution < 1.29 is 9.59 Å². The van der Waals surface area contributed by atoms with Crippen LogP contribution in [0.3, 0.4) is 0 Å². The lowest BCUT2D eigenvalue weighted by molar-refractivity contribution is -0.116. The summed E-state index contributed by atoms with van der Waals surface area (Å²) < 4.78 is 0. The molecule has 0 radical (unpaired) electrons. The van der Waals surface area contributed by atoms with Gasteiger partial charge >= 0.3 is 6.03 Å². The van der Waals surface area contributed by atoms with Crippen LogP contribution in [0.4, 0.5) is 16.3 Å². The van der Waals surface area contributed by atoms with E-state index in [9.17, 15) is 9.59 Å². The molecular formula is C20H26N4O2. The normalized spacial score (nSPS) is 10.9. The Morgan fingerprint density at radius 2 is 1.69 bits per heavy atom. The van der Waals surface area contributed by atoms with Crippen molar-refractivity contribution in [3.63, 3.8) is 0 Å². The first-order valence-electron chi connectivity index (χ1n) is 8.62. The summed E-state index contributed by atoms with van der Waals surface area (Å²) in [5.41, 5.74) is 3.01. The average molecular weight is 354 g/mol. The molecule has 0 saturated heterocycles. The predicted molar refractivity (Wildman–Crippen MR) is 104 cm³/mol. The molecule has 0 spiro atoms. The molecule has 1 heterocycles. The summed E-state index contributed by atoms with van der Waals surface area (Å²) in [5.74, 6) is 0.306. The fraction of sp³-hybridized carbons (Fsp3) is 0.350. The summed E-state index contributed by atoms with van der Waals surface area (Å²) in [6.07, 6.45) is 1.86. The third-order valence-electron chi connectivity index (χ3n) is 3.83. The first kappa shape index (κ1) is 19.4. The second kappa shape index (κ2) is 8.47. The molecule has 0 aliphatic heterocycles. The Bertz CT molecular complexity index is 747. The molecule has 0 aliphatic carbocycles. The summed E-state index contributed by atoms with van der Waals surface area (Å²) in [4.78, 5) is 27.9. The van der Waals surface area contributed by atoms with Crippen LogP contribution in [0.15, 0.2) is 42.6 Å². The number of aromatic nitrogens is 1. The first-order valence-corrected chi connectivity index (χ1v) is 8.62. The highest BCUT2D eigenvalue weighted by molar-refractivity contribution is 5.91. The topological polar surface area (TPSA) is 83.1 Å². The number of benzene rings is 1. The molecule has 6 nitrogen and oxygen atoms in total. The Morgan fingerprint density at radius 1 is 1.00 bits per heavy atom. The molecule has 3 amide bonds. The Kier molecular flexibility index (Phi) is 6.33. The molecule has 0 atom stereocenters. The fourth-order valence-electron chi connectivity index (χ4n) is 2.27. The molecule has 0 unspecified atom stereocenters. The molecule has 0 bridgehead atoms. The zero-order valence-corrected chi connectivity index (χ0v) is 15.7. The summed E-state index contributed by atoms with van der Waals surface area (Å²) in [6.45, 7) is 8.58. The largest absolute Gasteiger partial charge is 0.337 e. The van der Waals surface area contributed by atoms with E-state index in [-0.39, 0.29) is 30.3 Å². The van der Waals surface area contributed by atoms with Crippen molar-refractivity contribution in [2.24, 2.45) is 0 Å². The molecule has 138 valence electrons. The quantitative estimate of drug-likeness (QED) is 0.763. The van der Waals surface area contributed by atoms with Gasteiger partial charge in [-0.15, -0.1) is 0 Å². The maximum absolute atomic E-state index is 11.9. The van der Waals surface area contributed by atoms with Crippen molar-refractivity contribution >= 4 is 23.4 Å². The van der Waals surface area contributed by atoms with Gasteiger partial charge in [-0.1, -0.05) is 39.0 Å². The van der Waals surface area contributed by atoms with Crippen LogP contribution in [-0.2, 0) is 10.2 Å². The molecule has 3 N–H and O–H groups in total. The Labute approximate surface area is 154 Å². The van der Waals surface area contributed by atoms with Gasteiger partial charge < -0.3 is 16.0 Å². The van der Waals surface area contributed by atoms with Crippen LogP contribution in [0.5, 0.6) is 0 Å². The summed E-state index contributed by atoms with van der Waals surface area (Å²) in [7, 11) is 0. The van der Waals surface area contributed by atoms with E-state index in [0.717, 1.165) is 5.56 Å². The molecule has 0 fully saturated rings. The smallest absolute Gasteiger partial charge is 0.319 e. The van der Waals surface area contributed by atoms with Crippen LogP contribution in [0.1, 0.15) is 38.3 Å². The third kappa shape index (κ3) is 6.20. The molecule has 2 rings (SSSR count). The SMILES string of the molecule is Cc1ccc(NC(=O)CCNC(=O)Nc2ccc(C(C)(C)C)cc2)nc1. The van der Waals surface area contributed by atoms with Crippen molar-refractivity contribution in [3.8, 4) is 0 Å². The maximum Gasteiger partial charge on any atom is 0.319 e. The second-order valence-corrected chi connectivity index (χ2v) is 7.23. The van der Waals surface area contributed by atoms with Crippen LogP contribution in [-0.4, -0.2) is 23.5 Å². The number of nitrogens with zero attached hydrogens (tertiary/aromatic N) is 1. The van der Waals surface area contributed by atoms with Gasteiger partial charge in [-0.05, 0) is 41.7 Å². The minimum absolute atomic E-state index is 0.0699. The Hall–Kier alpha value is -2.89. The number of hydrogen-bond donors (Lipinski definition) is 3. The molecule has 1 aromatic heterocycles. The van der Waals surface area contributed by atoms with Gasteiger partial charge in [0, 0.05) is 24.8 Å². The van der Waals surface area contributed by atoms with Gasteiger partial charge in [-0.3, -0.25) is 4.79 Å². The van der Waals surface area contributed by atoms with E-state index in [1.165, 1.54) is 5.56 Å². The van der Waals surface area contributed by atoms with Crippen molar-refractivity contribution in [1.29, 1.82) is 0 Å². The number of amides is 3. The highest BCUT2D eigenvalue weighted by atomic mass is 16.2. The fourth-order valence-corrected chi connectivity index (χ4v) is 2.27. The molecule has 2 aromatic rings. The maximum atomic E-state index is 11.9. The van der Waals surface area contributed by atoms with Crippen molar-refractivity contribution in [2.75, 3.05) is 17.2 Å². The number of carbonyl (C=O) groups excluding carboxylic acids is 2. The van der Waals surface area contributed by atoms with Crippen molar-refractivity contribution in [2.45, 2.75) is 39.5 Å². The number of anilines is 2. The average Bonchev–Trinajstić information content (AvgIpc) is 2.56. The third-order valence-corrected chi connectivity index (χ3v) is 3.83. The van der Waals surface area contributed by atoms with E-state index in [0.29, 0.717) is 11.5 Å². The van der Waals surface area contributed by atoms with E-state index in [2.05, 4.69) is 41.7 Å². The molecule has 0 aliphatic rings. The summed E-state index contributed by atoms with van der Waals surface area (Å²) in [6, 6.07) is 11.0. The summed E-state index contributed by atoms with van der Waals surface area (Å²) in [5, 5.41) is 8.12. The van der Waals surface area contributed by atoms with E-state index in [1.54, 1.807) is 12.3 Å². The van der Waals surface area contributed by atoms with E-state index >= 15 is 0 Å². The predicted octanol–water partition coefficient (Wildman–Crippen LogP) is 3.84. The number of carbonyl (C=O) groups is 2. The van der Waals surface area contributed by atoms with Crippen molar-refractivity contribution in [3.05, 3.63) is 53.7 Å². The number of hydrogen-bond acceptors (Lipinski definition) is 3. The van der Waals surface area contributed by atoms with Gasteiger partial charge in [0.15, 0.2) is 0 Å². The number of pyridine rings is 1. The standard InChI is InChI=1S/C20H26N4O2/c1-14-5-10-17(22-13-14)24-18(25)11-12-21-19(26)23-16-8-6-15(7-9-16)20(2,3)4/h5-10,13H,11-12H2,1-4H3,(H2,21,23,26)(H,22,24,25). The van der Waals surface area contributed by atoms with E-state index in [1.807, 2.05) is 37.3 Å². The minimum atomic E-state index is -0.338. The first-order chi connectivity index (χ1) is 12.2. The highest BCUT2D eigenvalue weighted by Gasteiger charge is 2.13. The molecule has 0 saturated carbocycles. The number of nitrogens with one attached hydrogen (secondary N) is 3. The molecule has 6 heteroatoms. The van der Waals surface area contributed by atoms with Gasteiger partial charge in [0.05, 0.1) is 0 Å². The van der Waals surface area contributed by atoms with Crippen LogP contribution in [0.25, 0.3) is 0 Å². The van der Waals surface area contributed by atoms with Gasteiger partial charge in [0.25, 0.3) is 0 Å².